The highest BCUT2D eigenvalue weighted by atomic mass is 16.4. The van der Waals surface area contributed by atoms with Gasteiger partial charge < -0.3 is 19.7 Å². The van der Waals surface area contributed by atoms with Gasteiger partial charge in [0.1, 0.15) is 11.9 Å². The standard InChI is InChI=1S/C20H26N2O3/c1-13-10-14(2)19(15(3)11-13)21-20(24)22-8-4-6-16(22)12-17(23)18-7-5-9-25-18/h5,7,9-11,16-17,23H,4,6,8,12H2,1-3H3,(H,21,24). The molecule has 0 aliphatic carbocycles. The van der Waals surface area contributed by atoms with Gasteiger partial charge in [-0.15, -0.1) is 0 Å². The van der Waals surface area contributed by atoms with Crippen LogP contribution in [0, 0.1) is 20.8 Å². The highest BCUT2D eigenvalue weighted by Gasteiger charge is 2.31. The zero-order valence-electron chi connectivity index (χ0n) is 15.1. The van der Waals surface area contributed by atoms with Crippen molar-refractivity contribution < 1.29 is 14.3 Å². The lowest BCUT2D eigenvalue weighted by Crippen LogP contribution is -2.39. The Balaban J connectivity index is 1.69. The van der Waals surface area contributed by atoms with Crippen molar-refractivity contribution in [2.45, 2.75) is 52.2 Å². The SMILES string of the molecule is Cc1cc(C)c(NC(=O)N2CCCC2CC(O)c2ccco2)c(C)c1. The number of carbonyl (C=O) groups excluding carboxylic acids is 1. The number of aliphatic hydroxyl groups is 1. The lowest BCUT2D eigenvalue weighted by molar-refractivity contribution is 0.110. The molecule has 134 valence electrons. The van der Waals surface area contributed by atoms with Crippen molar-refractivity contribution in [3.05, 3.63) is 53.0 Å². The zero-order chi connectivity index (χ0) is 18.0. The summed E-state index contributed by atoms with van der Waals surface area (Å²) in [6.07, 6.45) is 3.22. The summed E-state index contributed by atoms with van der Waals surface area (Å²) in [5.41, 5.74) is 4.20. The summed E-state index contributed by atoms with van der Waals surface area (Å²) < 4.78 is 5.27. The summed E-state index contributed by atoms with van der Waals surface area (Å²) in [6.45, 7) is 6.79. The number of nitrogens with one attached hydrogen (secondary N) is 1. The maximum atomic E-state index is 12.8. The second kappa shape index (κ2) is 7.31. The van der Waals surface area contributed by atoms with E-state index in [4.69, 9.17) is 4.42 Å². The van der Waals surface area contributed by atoms with Gasteiger partial charge in [-0.1, -0.05) is 17.7 Å². The number of amides is 2. The molecule has 5 nitrogen and oxygen atoms in total. The number of hydrogen-bond acceptors (Lipinski definition) is 3. The van der Waals surface area contributed by atoms with Gasteiger partial charge in [0.25, 0.3) is 0 Å². The number of furan rings is 1. The number of anilines is 1. The van der Waals surface area contributed by atoms with E-state index in [9.17, 15) is 9.90 Å². The first-order chi connectivity index (χ1) is 12.0. The summed E-state index contributed by atoms with van der Waals surface area (Å²) in [4.78, 5) is 14.6. The van der Waals surface area contributed by atoms with Crippen LogP contribution < -0.4 is 5.32 Å². The molecule has 5 heteroatoms. The Hall–Kier alpha value is -2.27. The second-order valence-electron chi connectivity index (χ2n) is 6.96. The highest BCUT2D eigenvalue weighted by molar-refractivity contribution is 5.91. The van der Waals surface area contributed by atoms with Crippen molar-refractivity contribution in [2.24, 2.45) is 0 Å². The van der Waals surface area contributed by atoms with E-state index in [0.717, 1.165) is 29.7 Å². The van der Waals surface area contributed by atoms with Crippen LogP contribution >= 0.6 is 0 Å². The summed E-state index contributed by atoms with van der Waals surface area (Å²) in [7, 11) is 0. The average Bonchev–Trinajstić information content (AvgIpc) is 3.21. The quantitative estimate of drug-likeness (QED) is 0.869. The predicted molar refractivity (Wildman–Crippen MR) is 97.7 cm³/mol. The van der Waals surface area contributed by atoms with E-state index >= 15 is 0 Å². The van der Waals surface area contributed by atoms with Gasteiger partial charge in [-0.3, -0.25) is 0 Å². The Morgan fingerprint density at radius 2 is 2.08 bits per heavy atom. The minimum atomic E-state index is -0.684. The number of likely N-dealkylation sites (tertiary alicyclic amines) is 1. The smallest absolute Gasteiger partial charge is 0.322 e. The van der Waals surface area contributed by atoms with E-state index in [-0.39, 0.29) is 12.1 Å². The summed E-state index contributed by atoms with van der Waals surface area (Å²) in [5, 5.41) is 13.4. The molecule has 1 saturated heterocycles. The summed E-state index contributed by atoms with van der Waals surface area (Å²) in [6, 6.07) is 7.61. The van der Waals surface area contributed by atoms with E-state index in [1.54, 1.807) is 18.4 Å². The van der Waals surface area contributed by atoms with Gasteiger partial charge in [0.15, 0.2) is 0 Å². The third-order valence-corrected chi connectivity index (χ3v) is 4.91. The molecule has 25 heavy (non-hydrogen) atoms. The van der Waals surface area contributed by atoms with Crippen LogP contribution in [0.2, 0.25) is 0 Å². The van der Waals surface area contributed by atoms with Gasteiger partial charge in [-0.2, -0.15) is 0 Å². The molecule has 0 bridgehead atoms. The molecule has 2 unspecified atom stereocenters. The number of nitrogens with zero attached hydrogens (tertiary/aromatic N) is 1. The molecular formula is C20H26N2O3. The van der Waals surface area contributed by atoms with Gasteiger partial charge in [0.05, 0.1) is 6.26 Å². The average molecular weight is 342 g/mol. The molecule has 0 radical (unpaired) electrons. The number of benzene rings is 1. The zero-order valence-corrected chi connectivity index (χ0v) is 15.1. The fourth-order valence-electron chi connectivity index (χ4n) is 3.76. The number of hydrogen-bond donors (Lipinski definition) is 2. The lowest BCUT2D eigenvalue weighted by atomic mass is 10.0. The van der Waals surface area contributed by atoms with Crippen LogP contribution in [0.3, 0.4) is 0 Å². The minimum Gasteiger partial charge on any atom is -0.467 e. The molecule has 2 heterocycles. The molecule has 2 aromatic rings. The molecule has 1 aromatic heterocycles. The molecule has 2 atom stereocenters. The maximum absolute atomic E-state index is 12.8. The monoisotopic (exact) mass is 342 g/mol. The van der Waals surface area contributed by atoms with Gasteiger partial charge in [-0.25, -0.2) is 4.79 Å². The van der Waals surface area contributed by atoms with Crippen LogP contribution in [0.25, 0.3) is 0 Å². The largest absolute Gasteiger partial charge is 0.467 e. The molecular weight excluding hydrogens is 316 g/mol. The van der Waals surface area contributed by atoms with Crippen LogP contribution in [0.5, 0.6) is 0 Å². The molecule has 2 amide bonds. The normalized spacial score (nSPS) is 18.4. The van der Waals surface area contributed by atoms with E-state index in [1.807, 2.05) is 18.7 Å². The van der Waals surface area contributed by atoms with Crippen molar-refractivity contribution in [3.63, 3.8) is 0 Å². The molecule has 1 fully saturated rings. The van der Waals surface area contributed by atoms with Crippen LogP contribution in [0.15, 0.2) is 34.9 Å². The van der Waals surface area contributed by atoms with Crippen LogP contribution in [0.4, 0.5) is 10.5 Å². The van der Waals surface area contributed by atoms with Gasteiger partial charge >= 0.3 is 6.03 Å². The second-order valence-corrected chi connectivity index (χ2v) is 6.96. The highest BCUT2D eigenvalue weighted by Crippen LogP contribution is 2.29. The first kappa shape index (κ1) is 17.5. The Labute approximate surface area is 148 Å². The minimum absolute atomic E-state index is 0.0196. The Morgan fingerprint density at radius 3 is 2.72 bits per heavy atom. The molecule has 0 saturated carbocycles. The number of carbonyl (C=O) groups is 1. The van der Waals surface area contributed by atoms with Crippen LogP contribution in [0.1, 0.15) is 47.8 Å². The number of aliphatic hydroxyl groups excluding tert-OH is 1. The summed E-state index contributed by atoms with van der Waals surface area (Å²) >= 11 is 0. The number of rotatable bonds is 4. The summed E-state index contributed by atoms with van der Waals surface area (Å²) in [5.74, 6) is 0.553. The maximum Gasteiger partial charge on any atom is 0.322 e. The van der Waals surface area contributed by atoms with Gasteiger partial charge in [0, 0.05) is 24.7 Å². The molecule has 2 N–H and O–H groups in total. The number of aryl methyl sites for hydroxylation is 3. The van der Waals surface area contributed by atoms with Crippen molar-refractivity contribution in [2.75, 3.05) is 11.9 Å². The van der Waals surface area contributed by atoms with E-state index in [0.29, 0.717) is 18.7 Å². The van der Waals surface area contributed by atoms with Crippen molar-refractivity contribution in [1.82, 2.24) is 4.90 Å². The van der Waals surface area contributed by atoms with Crippen LogP contribution in [-0.2, 0) is 0 Å². The fraction of sp³-hybridized carbons (Fsp3) is 0.450. The van der Waals surface area contributed by atoms with Crippen LogP contribution in [-0.4, -0.2) is 28.6 Å². The van der Waals surface area contributed by atoms with Gasteiger partial charge in [-0.05, 0) is 56.9 Å². The molecule has 1 aromatic carbocycles. The van der Waals surface area contributed by atoms with Gasteiger partial charge in [0.2, 0.25) is 0 Å². The Kier molecular flexibility index (Phi) is 5.13. The van der Waals surface area contributed by atoms with E-state index < -0.39 is 6.10 Å². The Morgan fingerprint density at radius 1 is 1.36 bits per heavy atom. The van der Waals surface area contributed by atoms with E-state index in [2.05, 4.69) is 24.4 Å². The van der Waals surface area contributed by atoms with Crippen molar-refractivity contribution >= 4 is 11.7 Å². The topological polar surface area (TPSA) is 65.7 Å². The Bertz CT molecular complexity index is 716. The van der Waals surface area contributed by atoms with Crippen molar-refractivity contribution in [1.29, 1.82) is 0 Å². The predicted octanol–water partition coefficient (Wildman–Crippen LogP) is 4.32. The molecule has 1 aliphatic rings. The third kappa shape index (κ3) is 3.87. The third-order valence-electron chi connectivity index (χ3n) is 4.91. The molecule has 0 spiro atoms. The molecule has 3 rings (SSSR count). The number of urea groups is 1. The first-order valence-electron chi connectivity index (χ1n) is 8.82. The van der Waals surface area contributed by atoms with E-state index in [1.165, 1.54) is 5.56 Å². The first-order valence-corrected chi connectivity index (χ1v) is 8.82. The lowest BCUT2D eigenvalue weighted by Gasteiger charge is -2.27. The fourth-order valence-corrected chi connectivity index (χ4v) is 3.76. The molecule has 1 aliphatic heterocycles. The van der Waals surface area contributed by atoms with Crippen molar-refractivity contribution in [3.8, 4) is 0 Å².